The van der Waals surface area contributed by atoms with Crippen molar-refractivity contribution in [1.29, 1.82) is 0 Å². The van der Waals surface area contributed by atoms with Crippen LogP contribution in [-0.4, -0.2) is 29.8 Å². The van der Waals surface area contributed by atoms with Crippen LogP contribution in [0.4, 0.5) is 0 Å². The smallest absolute Gasteiger partial charge is 1.00 e. The Labute approximate surface area is 206 Å². The average Bonchev–Trinajstić information content (AvgIpc) is 3.17. The fourth-order valence-electron chi connectivity index (χ4n) is 3.64. The molecule has 2 nitrogen and oxygen atoms in total. The summed E-state index contributed by atoms with van der Waals surface area (Å²) in [4.78, 5) is 0. The third-order valence-electron chi connectivity index (χ3n) is 4.90. The standard InChI is InChI=1S/C21H36O2Si2.2ClH.Zr/c1-24(2,3)22-17-15-21(19-11-7-8-12-19,20-13-9-10-14-20)16-18-23-25(4,5)6;;;/h7-11,13H,12,14-18H2,1-6H3;2*1H;/q;;;+2/p-2. The van der Waals surface area contributed by atoms with Crippen LogP contribution in [0, 0.1) is 5.41 Å². The molecule has 0 radical (unpaired) electrons. The van der Waals surface area contributed by atoms with E-state index in [0.717, 1.165) is 38.9 Å². The molecule has 0 saturated heterocycles. The van der Waals surface area contributed by atoms with E-state index in [1.807, 2.05) is 0 Å². The summed E-state index contributed by atoms with van der Waals surface area (Å²) in [6.07, 6.45) is 17.9. The molecule has 7 heteroatoms. The van der Waals surface area contributed by atoms with Crippen LogP contribution in [0.2, 0.25) is 39.3 Å². The second-order valence-electron chi connectivity index (χ2n) is 9.15. The topological polar surface area (TPSA) is 18.5 Å². The van der Waals surface area contributed by atoms with Gasteiger partial charge in [0.1, 0.15) is 0 Å². The molecule has 0 heterocycles. The molecule has 0 amide bonds. The average molecular weight is 539 g/mol. The van der Waals surface area contributed by atoms with Crippen molar-refractivity contribution in [3.8, 4) is 0 Å². The Hall–Kier alpha value is 0.777. The first-order chi connectivity index (χ1) is 11.6. The molecule has 0 N–H and O–H groups in total. The van der Waals surface area contributed by atoms with Crippen molar-refractivity contribution in [2.24, 2.45) is 5.41 Å². The summed E-state index contributed by atoms with van der Waals surface area (Å²) >= 11 is 0. The molecule has 2 aliphatic rings. The van der Waals surface area contributed by atoms with Crippen molar-refractivity contribution < 1.29 is 59.9 Å². The van der Waals surface area contributed by atoms with E-state index in [1.165, 1.54) is 0 Å². The molecule has 0 aromatic carbocycles. The molecule has 2 rings (SSSR count). The molecule has 2 aliphatic carbocycles. The maximum absolute atomic E-state index is 6.26. The molecule has 0 fully saturated rings. The molecule has 28 heavy (non-hydrogen) atoms. The number of allylic oxidation sites excluding steroid dienone is 8. The first-order valence-electron chi connectivity index (χ1n) is 9.63. The quantitative estimate of drug-likeness (QED) is 0.371. The number of hydrogen-bond donors (Lipinski definition) is 0. The predicted octanol–water partition coefficient (Wildman–Crippen LogP) is 0.234. The fourth-order valence-corrected chi connectivity index (χ4v) is 5.07. The summed E-state index contributed by atoms with van der Waals surface area (Å²) in [5, 5.41) is 0. The van der Waals surface area contributed by atoms with E-state index >= 15 is 0 Å². The van der Waals surface area contributed by atoms with Gasteiger partial charge in [-0.05, 0) is 65.0 Å². The van der Waals surface area contributed by atoms with E-state index in [9.17, 15) is 0 Å². The molecule has 0 spiro atoms. The van der Waals surface area contributed by atoms with Gasteiger partial charge >= 0.3 is 26.2 Å². The molecular weight excluding hydrogens is 503 g/mol. The first-order valence-corrected chi connectivity index (χ1v) is 16.4. The number of halogens is 2. The molecule has 0 aromatic heterocycles. The molecule has 158 valence electrons. The molecule has 0 unspecified atom stereocenters. The van der Waals surface area contributed by atoms with Crippen LogP contribution in [0.5, 0.6) is 0 Å². The van der Waals surface area contributed by atoms with Crippen LogP contribution in [0.15, 0.2) is 47.6 Å². The molecule has 0 saturated carbocycles. The molecule has 0 bridgehead atoms. The zero-order valence-electron chi connectivity index (χ0n) is 18.3. The van der Waals surface area contributed by atoms with Crippen LogP contribution in [0.3, 0.4) is 0 Å². The van der Waals surface area contributed by atoms with Gasteiger partial charge in [-0.3, -0.25) is 0 Å². The van der Waals surface area contributed by atoms with Crippen LogP contribution in [0.1, 0.15) is 25.7 Å². The molecule has 0 aliphatic heterocycles. The van der Waals surface area contributed by atoms with Gasteiger partial charge in [0.2, 0.25) is 0 Å². The predicted molar refractivity (Wildman–Crippen MR) is 114 cm³/mol. The minimum atomic E-state index is -1.49. The zero-order valence-corrected chi connectivity index (χ0v) is 24.2. The third kappa shape index (κ3) is 9.72. The van der Waals surface area contributed by atoms with Gasteiger partial charge in [-0.25, -0.2) is 0 Å². The Morgan fingerprint density at radius 1 is 0.750 bits per heavy atom. The van der Waals surface area contributed by atoms with Crippen LogP contribution in [-0.2, 0) is 35.1 Å². The summed E-state index contributed by atoms with van der Waals surface area (Å²) in [5.41, 5.74) is 3.17. The van der Waals surface area contributed by atoms with E-state index in [-0.39, 0.29) is 56.4 Å². The molecule has 0 aromatic rings. The van der Waals surface area contributed by atoms with Crippen molar-refractivity contribution in [3.05, 3.63) is 47.6 Å². The maximum atomic E-state index is 6.26. The normalized spacial score (nSPS) is 16.1. The second kappa shape index (κ2) is 13.2. The van der Waals surface area contributed by atoms with Crippen molar-refractivity contribution in [2.75, 3.05) is 13.2 Å². The van der Waals surface area contributed by atoms with Crippen molar-refractivity contribution in [3.63, 3.8) is 0 Å². The van der Waals surface area contributed by atoms with Gasteiger partial charge in [0, 0.05) is 18.6 Å². The van der Waals surface area contributed by atoms with Gasteiger partial charge in [0.15, 0.2) is 16.6 Å². The van der Waals surface area contributed by atoms with Gasteiger partial charge in [-0.15, -0.1) is 0 Å². The number of rotatable bonds is 10. The summed E-state index contributed by atoms with van der Waals surface area (Å²) in [6.45, 7) is 15.3. The minimum Gasteiger partial charge on any atom is -1.00 e. The number of hydrogen-bond acceptors (Lipinski definition) is 2. The van der Waals surface area contributed by atoms with E-state index in [4.69, 9.17) is 8.85 Å². The summed E-state index contributed by atoms with van der Waals surface area (Å²) in [7, 11) is -2.98. The third-order valence-corrected chi connectivity index (χ3v) is 7.04. The van der Waals surface area contributed by atoms with Crippen LogP contribution >= 0.6 is 0 Å². The minimum absolute atomic E-state index is 0. The fraction of sp³-hybridized carbons (Fsp3) is 0.619. The Kier molecular flexibility index (Phi) is 14.6. The van der Waals surface area contributed by atoms with Gasteiger partial charge in [0.25, 0.3) is 0 Å². The Morgan fingerprint density at radius 2 is 1.11 bits per heavy atom. The largest absolute Gasteiger partial charge is 2.00 e. The zero-order chi connectivity index (χ0) is 18.6. The van der Waals surface area contributed by atoms with E-state index < -0.39 is 16.6 Å². The van der Waals surface area contributed by atoms with Crippen molar-refractivity contribution in [1.82, 2.24) is 0 Å². The van der Waals surface area contributed by atoms with E-state index in [1.54, 1.807) is 11.1 Å². The Morgan fingerprint density at radius 3 is 1.36 bits per heavy atom. The first kappa shape index (κ1) is 31.0. The SMILES string of the molecule is C[Si](C)(C)OCCC(CCO[Si](C)(C)C)(C1=CC=CC1)C1=CC=CC1.[Cl-].[Cl-].[Zr+2]. The molecule has 0 atom stereocenters. The van der Waals surface area contributed by atoms with E-state index in [0.29, 0.717) is 0 Å². The Bertz CT molecular complexity index is 536. The van der Waals surface area contributed by atoms with Crippen LogP contribution < -0.4 is 24.8 Å². The van der Waals surface area contributed by atoms with Gasteiger partial charge in [-0.2, -0.15) is 0 Å². The van der Waals surface area contributed by atoms with E-state index in [2.05, 4.69) is 75.7 Å². The summed E-state index contributed by atoms with van der Waals surface area (Å²) in [6, 6.07) is 0. The molecular formula is C21H36Cl2O2Si2Zr. The summed E-state index contributed by atoms with van der Waals surface area (Å²) < 4.78 is 12.5. The second-order valence-corrected chi connectivity index (χ2v) is 18.2. The van der Waals surface area contributed by atoms with Gasteiger partial charge in [0.05, 0.1) is 0 Å². The summed E-state index contributed by atoms with van der Waals surface area (Å²) in [5.74, 6) is 0. The monoisotopic (exact) mass is 536 g/mol. The Balaban J connectivity index is 0. The van der Waals surface area contributed by atoms with Crippen molar-refractivity contribution >= 4 is 16.6 Å². The van der Waals surface area contributed by atoms with Crippen molar-refractivity contribution in [2.45, 2.75) is 65.0 Å². The van der Waals surface area contributed by atoms with Gasteiger partial charge in [-0.1, -0.05) is 47.6 Å². The van der Waals surface area contributed by atoms with Crippen LogP contribution in [0.25, 0.3) is 0 Å². The van der Waals surface area contributed by atoms with Gasteiger partial charge < -0.3 is 33.7 Å². The maximum Gasteiger partial charge on any atom is 2.00 e.